The number of fused-ring (bicyclic) bond motifs is 1. The maximum atomic E-state index is 12.9. The number of aliphatic hydroxyl groups excluding tert-OH is 1. The van der Waals surface area contributed by atoms with Gasteiger partial charge in [0.05, 0.1) is 13.7 Å². The van der Waals surface area contributed by atoms with Crippen molar-refractivity contribution in [2.24, 2.45) is 11.7 Å². The quantitative estimate of drug-likeness (QED) is 0.200. The Bertz CT molecular complexity index is 1260. The lowest BCUT2D eigenvalue weighted by molar-refractivity contribution is -0.240. The van der Waals surface area contributed by atoms with E-state index in [0.717, 1.165) is 29.9 Å². The van der Waals surface area contributed by atoms with Gasteiger partial charge in [0.1, 0.15) is 18.3 Å². The molecule has 0 aliphatic carbocycles. The van der Waals surface area contributed by atoms with Crippen molar-refractivity contribution in [2.75, 3.05) is 20.3 Å². The van der Waals surface area contributed by atoms with E-state index in [1.165, 1.54) is 19.4 Å². The summed E-state index contributed by atoms with van der Waals surface area (Å²) in [6.45, 7) is 5.17. The Morgan fingerprint density at radius 2 is 1.98 bits per heavy atom. The van der Waals surface area contributed by atoms with Crippen LogP contribution in [0.1, 0.15) is 52.7 Å². The molecule has 0 radical (unpaired) electrons. The van der Waals surface area contributed by atoms with Crippen molar-refractivity contribution >= 4 is 11.9 Å². The van der Waals surface area contributed by atoms with Gasteiger partial charge in [0.25, 0.3) is 5.56 Å². The first-order valence-electron chi connectivity index (χ1n) is 14.0. The summed E-state index contributed by atoms with van der Waals surface area (Å²) in [4.78, 5) is 51.8. The molecule has 15 heteroatoms. The molecule has 234 valence electrons. The number of rotatable bonds is 13. The average Bonchev–Trinajstić information content (AvgIpc) is 3.46. The van der Waals surface area contributed by atoms with Gasteiger partial charge in [-0.2, -0.15) is 0 Å². The summed E-state index contributed by atoms with van der Waals surface area (Å²) < 4.78 is 41.8. The first kappa shape index (κ1) is 31.8. The SMILES string of the molecule is CCCCCCO[C@@H]1[C@H](CO)[C@@H]([C@@H](O[C@H]2OC(C(=O)OC)=C[C@@H]3OC(C)(C)O[C@H]23)C(N)=O)O[C@H]1n1ccc(=O)[nH]c1=O. The number of amides is 1. The molecule has 3 aliphatic rings. The zero-order chi connectivity index (χ0) is 30.6. The van der Waals surface area contributed by atoms with E-state index >= 15 is 0 Å². The molecule has 0 spiro atoms. The minimum absolute atomic E-state index is 0.217. The molecule has 15 nitrogen and oxygen atoms in total. The fourth-order valence-corrected chi connectivity index (χ4v) is 5.36. The van der Waals surface area contributed by atoms with Crippen molar-refractivity contribution in [3.8, 4) is 0 Å². The number of hydrogen-bond donors (Lipinski definition) is 3. The van der Waals surface area contributed by atoms with E-state index in [2.05, 4.69) is 11.9 Å². The van der Waals surface area contributed by atoms with Gasteiger partial charge in [-0.05, 0) is 26.3 Å². The number of unbranched alkanes of at least 4 members (excludes halogenated alkanes) is 3. The number of carbonyl (C=O) groups excluding carboxylic acids is 2. The number of carbonyl (C=O) groups is 2. The number of nitrogens with two attached hydrogens (primary N) is 1. The normalized spacial score (nSPS) is 30.7. The number of nitrogens with one attached hydrogen (secondary N) is 1. The first-order valence-corrected chi connectivity index (χ1v) is 14.0. The second-order valence-corrected chi connectivity index (χ2v) is 10.8. The number of aromatic amines is 1. The maximum Gasteiger partial charge on any atom is 0.373 e. The van der Waals surface area contributed by atoms with Crippen LogP contribution >= 0.6 is 0 Å². The lowest BCUT2D eigenvalue weighted by atomic mass is 9.94. The molecule has 1 aromatic rings. The maximum absolute atomic E-state index is 12.9. The summed E-state index contributed by atoms with van der Waals surface area (Å²) in [7, 11) is 1.18. The molecule has 1 amide bonds. The Hall–Kier alpha value is -3.08. The van der Waals surface area contributed by atoms with Crippen LogP contribution in [0.25, 0.3) is 0 Å². The van der Waals surface area contributed by atoms with Gasteiger partial charge in [0, 0.05) is 24.8 Å². The molecule has 0 saturated carbocycles. The van der Waals surface area contributed by atoms with Crippen LogP contribution in [0.5, 0.6) is 0 Å². The smallest absolute Gasteiger partial charge is 0.373 e. The molecule has 2 fully saturated rings. The molecule has 42 heavy (non-hydrogen) atoms. The minimum Gasteiger partial charge on any atom is -0.463 e. The number of nitrogens with zero attached hydrogens (tertiary/aromatic N) is 1. The summed E-state index contributed by atoms with van der Waals surface area (Å²) in [6, 6.07) is 1.14. The van der Waals surface area contributed by atoms with E-state index in [1.807, 2.05) is 0 Å². The van der Waals surface area contributed by atoms with Gasteiger partial charge in [0.15, 0.2) is 24.2 Å². The molecular formula is C27H39N3O12. The molecular weight excluding hydrogens is 558 g/mol. The molecule has 4 heterocycles. The van der Waals surface area contributed by atoms with Gasteiger partial charge >= 0.3 is 11.7 Å². The van der Waals surface area contributed by atoms with Crippen LogP contribution in [0.3, 0.4) is 0 Å². The van der Waals surface area contributed by atoms with Crippen LogP contribution in [-0.4, -0.2) is 89.5 Å². The van der Waals surface area contributed by atoms with E-state index in [0.29, 0.717) is 6.42 Å². The minimum atomic E-state index is -1.56. The van der Waals surface area contributed by atoms with E-state index in [-0.39, 0.29) is 12.4 Å². The number of esters is 1. The number of ether oxygens (including phenoxy) is 7. The van der Waals surface area contributed by atoms with Gasteiger partial charge < -0.3 is 44.0 Å². The lowest BCUT2D eigenvalue weighted by Crippen LogP contribution is -2.52. The van der Waals surface area contributed by atoms with Crippen LogP contribution in [0, 0.1) is 5.92 Å². The average molecular weight is 598 g/mol. The Kier molecular flexibility index (Phi) is 10.2. The standard InChI is InChI=1S/C27H39N3O12/c1-5-6-7-8-11-37-19-14(13-31)18(39-23(19)30-10-9-17(32)29-26(30)35)21(22(28)33)40-25-20-15(41-27(2,3)42-20)12-16(38-25)24(34)36-4/h9-10,12,14-15,18-21,23,25,31H,5-8,11,13H2,1-4H3,(H2,28,33)(H,29,32,35)/t14-,15+,18+,19-,20+,21-,23-,25-/m1/s1. The van der Waals surface area contributed by atoms with Crippen molar-refractivity contribution in [3.05, 3.63) is 44.9 Å². The summed E-state index contributed by atoms with van der Waals surface area (Å²) in [6.07, 6.45) is -1.66. The zero-order valence-electron chi connectivity index (χ0n) is 24.1. The van der Waals surface area contributed by atoms with Crippen molar-refractivity contribution in [2.45, 2.75) is 95.3 Å². The van der Waals surface area contributed by atoms with E-state index in [4.69, 9.17) is 38.9 Å². The van der Waals surface area contributed by atoms with Crippen molar-refractivity contribution in [1.82, 2.24) is 9.55 Å². The predicted octanol–water partition coefficient (Wildman–Crippen LogP) is -0.188. The molecule has 4 N–H and O–H groups in total. The highest BCUT2D eigenvalue weighted by Crippen LogP contribution is 2.41. The third-order valence-electron chi connectivity index (χ3n) is 7.30. The van der Waals surface area contributed by atoms with Crippen LogP contribution in [0.15, 0.2) is 33.7 Å². The molecule has 4 rings (SSSR count). The summed E-state index contributed by atoms with van der Waals surface area (Å²) >= 11 is 0. The fraction of sp³-hybridized carbons (Fsp3) is 0.704. The summed E-state index contributed by atoms with van der Waals surface area (Å²) in [5.41, 5.74) is 4.40. The fourth-order valence-electron chi connectivity index (χ4n) is 5.36. The number of primary amides is 1. The monoisotopic (exact) mass is 597 g/mol. The van der Waals surface area contributed by atoms with E-state index in [9.17, 15) is 24.3 Å². The summed E-state index contributed by atoms with van der Waals surface area (Å²) in [5.74, 6) is -3.96. The van der Waals surface area contributed by atoms with Gasteiger partial charge in [-0.15, -0.1) is 0 Å². The van der Waals surface area contributed by atoms with Crippen molar-refractivity contribution in [1.29, 1.82) is 0 Å². The van der Waals surface area contributed by atoms with Crippen molar-refractivity contribution in [3.63, 3.8) is 0 Å². The second-order valence-electron chi connectivity index (χ2n) is 10.8. The molecule has 8 atom stereocenters. The third-order valence-corrected chi connectivity index (χ3v) is 7.30. The van der Waals surface area contributed by atoms with Crippen LogP contribution in [0.2, 0.25) is 0 Å². The number of H-pyrrole nitrogens is 1. The number of aromatic nitrogens is 2. The van der Waals surface area contributed by atoms with Gasteiger partial charge in [-0.1, -0.05) is 26.2 Å². The Balaban J connectivity index is 1.64. The molecule has 0 bridgehead atoms. The molecule has 3 aliphatic heterocycles. The number of methoxy groups -OCH3 is 1. The highest BCUT2D eigenvalue weighted by molar-refractivity contribution is 5.86. The third kappa shape index (κ3) is 6.93. The largest absolute Gasteiger partial charge is 0.463 e. The lowest BCUT2D eigenvalue weighted by Gasteiger charge is -2.34. The second kappa shape index (κ2) is 13.5. The van der Waals surface area contributed by atoms with Gasteiger partial charge in [-0.25, -0.2) is 9.59 Å². The number of hydrogen-bond acceptors (Lipinski definition) is 12. The van der Waals surface area contributed by atoms with Crippen molar-refractivity contribution < 1.29 is 47.9 Å². The van der Waals surface area contributed by atoms with Gasteiger partial charge in [0.2, 0.25) is 18.0 Å². The first-order chi connectivity index (χ1) is 20.0. The predicted molar refractivity (Wildman–Crippen MR) is 143 cm³/mol. The Morgan fingerprint density at radius 1 is 1.21 bits per heavy atom. The zero-order valence-corrected chi connectivity index (χ0v) is 24.1. The highest BCUT2D eigenvalue weighted by atomic mass is 16.8. The molecule has 2 saturated heterocycles. The van der Waals surface area contributed by atoms with Crippen LogP contribution in [-0.2, 0) is 42.7 Å². The van der Waals surface area contributed by atoms with Crippen LogP contribution < -0.4 is 17.0 Å². The highest BCUT2D eigenvalue weighted by Gasteiger charge is 2.55. The summed E-state index contributed by atoms with van der Waals surface area (Å²) in [5, 5.41) is 10.5. The topological polar surface area (TPSA) is 200 Å². The molecule has 0 unspecified atom stereocenters. The molecule has 1 aromatic heterocycles. The number of aliphatic hydroxyl groups is 1. The van der Waals surface area contributed by atoms with E-state index in [1.54, 1.807) is 13.8 Å². The van der Waals surface area contributed by atoms with E-state index < -0.39 is 84.5 Å². The molecule has 0 aromatic carbocycles. The van der Waals surface area contributed by atoms with Crippen LogP contribution in [0.4, 0.5) is 0 Å². The van der Waals surface area contributed by atoms with Gasteiger partial charge in [-0.3, -0.25) is 19.1 Å². The Labute approximate surface area is 241 Å². The Morgan fingerprint density at radius 3 is 2.62 bits per heavy atom.